The lowest BCUT2D eigenvalue weighted by molar-refractivity contribution is -0.125. The van der Waals surface area contributed by atoms with E-state index in [1.807, 2.05) is 48.0 Å². The van der Waals surface area contributed by atoms with E-state index in [0.29, 0.717) is 13.2 Å². The molecule has 1 saturated heterocycles. The van der Waals surface area contributed by atoms with Gasteiger partial charge in [-0.1, -0.05) is 23.9 Å². The Morgan fingerprint density at radius 1 is 1.19 bits per heavy atom. The van der Waals surface area contributed by atoms with E-state index in [1.54, 1.807) is 6.20 Å². The van der Waals surface area contributed by atoms with Crippen molar-refractivity contribution in [1.29, 1.82) is 0 Å². The summed E-state index contributed by atoms with van der Waals surface area (Å²) in [6.07, 6.45) is 1.78. The van der Waals surface area contributed by atoms with E-state index in [9.17, 15) is 9.59 Å². The van der Waals surface area contributed by atoms with Gasteiger partial charge in [-0.05, 0) is 35.9 Å². The van der Waals surface area contributed by atoms with Crippen molar-refractivity contribution in [3.8, 4) is 5.75 Å². The lowest BCUT2D eigenvalue weighted by Crippen LogP contribution is -2.27. The first-order chi connectivity index (χ1) is 12.6. The molecule has 0 spiro atoms. The second-order valence-corrected chi connectivity index (χ2v) is 7.00. The molecule has 1 aliphatic heterocycles. The smallest absolute Gasteiger partial charge is 0.289 e. The van der Waals surface area contributed by atoms with Gasteiger partial charge in [-0.15, -0.1) is 0 Å². The van der Waals surface area contributed by atoms with Gasteiger partial charge < -0.3 is 9.30 Å². The number of carbonyl (C=O) groups excluding carboxylic acids is 2. The summed E-state index contributed by atoms with van der Waals surface area (Å²) in [5.41, 5.74) is 2.86. The minimum atomic E-state index is -0.181. The van der Waals surface area contributed by atoms with Gasteiger partial charge in [0, 0.05) is 18.6 Å². The van der Waals surface area contributed by atoms with Crippen molar-refractivity contribution in [3.63, 3.8) is 0 Å². The van der Waals surface area contributed by atoms with E-state index in [2.05, 4.69) is 11.1 Å². The quantitative estimate of drug-likeness (QED) is 0.692. The Bertz CT molecular complexity index is 965. The maximum atomic E-state index is 11.7. The summed E-state index contributed by atoms with van der Waals surface area (Å²) in [7, 11) is 1.97. The number of aromatic nitrogens is 2. The number of nitrogens with zero attached hydrogens (tertiary/aromatic N) is 3. The first kappa shape index (κ1) is 16.7. The van der Waals surface area contributed by atoms with Gasteiger partial charge >= 0.3 is 0 Å². The Morgan fingerprint density at radius 3 is 2.69 bits per heavy atom. The highest BCUT2D eigenvalue weighted by Crippen LogP contribution is 2.23. The minimum Gasteiger partial charge on any atom is -0.487 e. The fourth-order valence-corrected chi connectivity index (χ4v) is 3.64. The first-order valence-electron chi connectivity index (χ1n) is 8.20. The molecule has 0 atom stereocenters. The first-order valence-corrected chi connectivity index (χ1v) is 9.18. The second-order valence-electron chi connectivity index (χ2n) is 6.08. The Morgan fingerprint density at radius 2 is 2.00 bits per heavy atom. The SMILES string of the molecule is Cn1c(COc2ccc(CN3C(=O)CSC3=O)cc2)cc2cccnc21. The van der Waals surface area contributed by atoms with Gasteiger partial charge in [0.05, 0.1) is 18.0 Å². The predicted molar refractivity (Wildman–Crippen MR) is 99.9 cm³/mol. The van der Waals surface area contributed by atoms with E-state index in [-0.39, 0.29) is 16.9 Å². The Labute approximate surface area is 154 Å². The van der Waals surface area contributed by atoms with Crippen LogP contribution in [0.15, 0.2) is 48.7 Å². The van der Waals surface area contributed by atoms with E-state index < -0.39 is 0 Å². The number of hydrogen-bond donors (Lipinski definition) is 0. The molecule has 6 nitrogen and oxygen atoms in total. The lowest BCUT2D eigenvalue weighted by atomic mass is 10.2. The van der Waals surface area contributed by atoms with E-state index in [4.69, 9.17) is 4.74 Å². The molecule has 26 heavy (non-hydrogen) atoms. The average Bonchev–Trinajstić information content (AvgIpc) is 3.15. The number of fused-ring (bicyclic) bond motifs is 1. The summed E-state index contributed by atoms with van der Waals surface area (Å²) in [6, 6.07) is 13.5. The van der Waals surface area contributed by atoms with Gasteiger partial charge in [0.25, 0.3) is 5.24 Å². The van der Waals surface area contributed by atoms with E-state index in [1.165, 1.54) is 4.90 Å². The summed E-state index contributed by atoms with van der Waals surface area (Å²) in [5.74, 6) is 0.838. The third-order valence-corrected chi connectivity index (χ3v) is 5.24. The maximum absolute atomic E-state index is 11.7. The van der Waals surface area contributed by atoms with E-state index >= 15 is 0 Å². The van der Waals surface area contributed by atoms with Gasteiger partial charge in [-0.3, -0.25) is 14.5 Å². The number of thioether (sulfide) groups is 1. The van der Waals surface area contributed by atoms with Crippen molar-refractivity contribution in [2.75, 3.05) is 5.75 Å². The molecule has 1 aliphatic rings. The fourth-order valence-electron chi connectivity index (χ4n) is 2.92. The van der Waals surface area contributed by atoms with Crippen molar-refractivity contribution in [1.82, 2.24) is 14.5 Å². The molecule has 0 aliphatic carbocycles. The number of aryl methyl sites for hydroxylation is 1. The number of carbonyl (C=O) groups is 2. The van der Waals surface area contributed by atoms with Gasteiger partial charge in [0.15, 0.2) is 0 Å². The van der Waals surface area contributed by atoms with Crippen LogP contribution in [0.1, 0.15) is 11.3 Å². The number of hydrogen-bond acceptors (Lipinski definition) is 5. The third kappa shape index (κ3) is 3.17. The third-order valence-electron chi connectivity index (χ3n) is 4.38. The highest BCUT2D eigenvalue weighted by atomic mass is 32.2. The van der Waals surface area contributed by atoms with E-state index in [0.717, 1.165) is 39.8 Å². The second kappa shape index (κ2) is 6.84. The number of imide groups is 1. The molecule has 0 saturated carbocycles. The van der Waals surface area contributed by atoms with Crippen LogP contribution < -0.4 is 4.74 Å². The Hall–Kier alpha value is -2.80. The molecule has 0 bridgehead atoms. The normalized spacial score (nSPS) is 14.4. The van der Waals surface area contributed by atoms with Gasteiger partial charge in [-0.25, -0.2) is 4.98 Å². The molecule has 0 unspecified atom stereocenters. The van der Waals surface area contributed by atoms with Crippen LogP contribution in [0.4, 0.5) is 4.79 Å². The molecule has 0 N–H and O–H groups in total. The summed E-state index contributed by atoms with van der Waals surface area (Å²) >= 11 is 1.05. The van der Waals surface area contributed by atoms with Crippen LogP contribution in [0.5, 0.6) is 5.75 Å². The monoisotopic (exact) mass is 367 g/mol. The number of amides is 2. The summed E-state index contributed by atoms with van der Waals surface area (Å²) < 4.78 is 7.89. The molecule has 0 radical (unpaired) electrons. The molecule has 2 amide bonds. The van der Waals surface area contributed by atoms with Crippen LogP contribution in [0.3, 0.4) is 0 Å². The molecule has 7 heteroatoms. The van der Waals surface area contributed by atoms with Crippen molar-refractivity contribution >= 4 is 33.9 Å². The lowest BCUT2D eigenvalue weighted by Gasteiger charge is -2.13. The Kier molecular flexibility index (Phi) is 4.38. The average molecular weight is 367 g/mol. The summed E-state index contributed by atoms with van der Waals surface area (Å²) in [5, 5.41) is 0.904. The molecule has 132 valence electrons. The van der Waals surface area contributed by atoms with Crippen molar-refractivity contribution < 1.29 is 14.3 Å². The largest absolute Gasteiger partial charge is 0.487 e. The van der Waals surface area contributed by atoms with Crippen molar-refractivity contribution in [2.24, 2.45) is 7.05 Å². The van der Waals surface area contributed by atoms with Crippen LogP contribution in [-0.2, 0) is 25.0 Å². The van der Waals surface area contributed by atoms with Gasteiger partial charge in [0.2, 0.25) is 5.91 Å². The van der Waals surface area contributed by atoms with Crippen LogP contribution in [0, 0.1) is 0 Å². The zero-order valence-electron chi connectivity index (χ0n) is 14.2. The molecule has 2 aromatic heterocycles. The van der Waals surface area contributed by atoms with Crippen LogP contribution in [-0.4, -0.2) is 31.4 Å². The zero-order valence-corrected chi connectivity index (χ0v) is 15.0. The van der Waals surface area contributed by atoms with Gasteiger partial charge in [-0.2, -0.15) is 0 Å². The molecule has 3 heterocycles. The topological polar surface area (TPSA) is 64.4 Å². The molecular weight excluding hydrogens is 350 g/mol. The van der Waals surface area contributed by atoms with Crippen molar-refractivity contribution in [2.45, 2.75) is 13.2 Å². The van der Waals surface area contributed by atoms with Gasteiger partial charge in [0.1, 0.15) is 18.0 Å². The highest BCUT2D eigenvalue weighted by Gasteiger charge is 2.29. The highest BCUT2D eigenvalue weighted by molar-refractivity contribution is 8.14. The van der Waals surface area contributed by atoms with Crippen LogP contribution in [0.2, 0.25) is 0 Å². The molecule has 4 rings (SSSR count). The number of pyridine rings is 1. The summed E-state index contributed by atoms with van der Waals surface area (Å²) in [6.45, 7) is 0.742. The zero-order chi connectivity index (χ0) is 18.1. The molecule has 1 aromatic carbocycles. The fraction of sp³-hybridized carbons (Fsp3) is 0.211. The summed E-state index contributed by atoms with van der Waals surface area (Å²) in [4.78, 5) is 29.0. The molecule has 1 fully saturated rings. The van der Waals surface area contributed by atoms with Crippen LogP contribution >= 0.6 is 11.8 Å². The van der Waals surface area contributed by atoms with Crippen LogP contribution in [0.25, 0.3) is 11.0 Å². The maximum Gasteiger partial charge on any atom is 0.289 e. The predicted octanol–water partition coefficient (Wildman–Crippen LogP) is 3.35. The number of benzene rings is 1. The standard InChI is InChI=1S/C19H17N3O3S/c1-21-15(9-14-3-2-8-20-18(14)21)11-25-16-6-4-13(5-7-16)10-22-17(23)12-26-19(22)24/h2-9H,10-12H2,1H3. The Balaban J connectivity index is 1.42. The molecule has 3 aromatic rings. The number of ether oxygens (including phenoxy) is 1. The van der Waals surface area contributed by atoms with Crippen molar-refractivity contribution in [3.05, 3.63) is 59.9 Å². The number of rotatable bonds is 5. The minimum absolute atomic E-state index is 0.135. The molecular formula is C19H17N3O3S.